The normalized spacial score (nSPS) is 25.1. The maximum Gasteiger partial charge on any atom is 0.124 e. The molecule has 1 aliphatic heterocycles. The third-order valence-corrected chi connectivity index (χ3v) is 3.43. The molecule has 1 aromatic rings. The summed E-state index contributed by atoms with van der Waals surface area (Å²) in [5.74, 6) is 7.03. The molecule has 0 aliphatic carbocycles. The molecule has 1 fully saturated rings. The number of ether oxygens (including phenoxy) is 2. The van der Waals surface area contributed by atoms with E-state index in [9.17, 15) is 0 Å². The van der Waals surface area contributed by atoms with Crippen LogP contribution in [-0.4, -0.2) is 19.3 Å². The van der Waals surface area contributed by atoms with Gasteiger partial charge < -0.3 is 9.47 Å². The van der Waals surface area contributed by atoms with E-state index < -0.39 is 0 Å². The van der Waals surface area contributed by atoms with Gasteiger partial charge >= 0.3 is 0 Å². The van der Waals surface area contributed by atoms with Gasteiger partial charge in [0.05, 0.1) is 25.4 Å². The highest BCUT2D eigenvalue weighted by atomic mass is 16.5. The Morgan fingerprint density at radius 1 is 1.50 bits per heavy atom. The lowest BCUT2D eigenvalue weighted by atomic mass is 9.91. The van der Waals surface area contributed by atoms with Crippen LogP contribution in [0.4, 0.5) is 0 Å². The van der Waals surface area contributed by atoms with E-state index in [-0.39, 0.29) is 6.04 Å². The van der Waals surface area contributed by atoms with Gasteiger partial charge in [-0.15, -0.1) is 0 Å². The van der Waals surface area contributed by atoms with Crippen LogP contribution in [0.25, 0.3) is 0 Å². The third kappa shape index (κ3) is 2.83. The number of hydrazine groups is 1. The molecular weight excluding hydrogens is 228 g/mol. The summed E-state index contributed by atoms with van der Waals surface area (Å²) in [6, 6.07) is 8.13. The van der Waals surface area contributed by atoms with Gasteiger partial charge in [0.2, 0.25) is 0 Å². The Kier molecular flexibility index (Phi) is 4.58. The summed E-state index contributed by atoms with van der Waals surface area (Å²) in [5, 5.41) is 0. The summed E-state index contributed by atoms with van der Waals surface area (Å²) in [4.78, 5) is 0. The average molecular weight is 250 g/mol. The van der Waals surface area contributed by atoms with Gasteiger partial charge in [0.25, 0.3) is 0 Å². The Hall–Kier alpha value is -1.10. The quantitative estimate of drug-likeness (QED) is 0.620. The van der Waals surface area contributed by atoms with Crippen molar-refractivity contribution in [3.8, 4) is 5.75 Å². The Morgan fingerprint density at radius 3 is 2.89 bits per heavy atom. The molecular formula is C14H22N2O2. The summed E-state index contributed by atoms with van der Waals surface area (Å²) in [7, 11) is 0. The van der Waals surface area contributed by atoms with Crippen molar-refractivity contribution in [3.63, 3.8) is 0 Å². The summed E-state index contributed by atoms with van der Waals surface area (Å²) >= 11 is 0. The van der Waals surface area contributed by atoms with Crippen molar-refractivity contribution < 1.29 is 9.47 Å². The van der Waals surface area contributed by atoms with Crippen LogP contribution < -0.4 is 16.0 Å². The number of nitrogens with two attached hydrogens (primary N) is 1. The number of nitrogens with one attached hydrogen (secondary N) is 1. The monoisotopic (exact) mass is 250 g/mol. The van der Waals surface area contributed by atoms with Crippen LogP contribution in [0.2, 0.25) is 0 Å². The molecule has 18 heavy (non-hydrogen) atoms. The van der Waals surface area contributed by atoms with Crippen LogP contribution in [0.1, 0.15) is 31.9 Å². The first-order chi connectivity index (χ1) is 8.76. The van der Waals surface area contributed by atoms with E-state index in [2.05, 4.69) is 18.4 Å². The molecule has 0 radical (unpaired) electrons. The van der Waals surface area contributed by atoms with E-state index in [4.69, 9.17) is 15.3 Å². The molecule has 0 amide bonds. The number of hydrogen-bond donors (Lipinski definition) is 2. The molecule has 1 aliphatic rings. The van der Waals surface area contributed by atoms with E-state index in [1.807, 2.05) is 25.1 Å². The molecule has 1 aromatic carbocycles. The number of rotatable bonds is 5. The highest BCUT2D eigenvalue weighted by Gasteiger charge is 2.31. The molecule has 4 heteroatoms. The van der Waals surface area contributed by atoms with Crippen LogP contribution in [-0.2, 0) is 4.74 Å². The minimum atomic E-state index is 0.0812. The molecule has 0 spiro atoms. The van der Waals surface area contributed by atoms with Gasteiger partial charge in [0, 0.05) is 11.5 Å². The van der Waals surface area contributed by atoms with Crippen LogP contribution in [0.15, 0.2) is 24.3 Å². The third-order valence-electron chi connectivity index (χ3n) is 3.43. The molecule has 100 valence electrons. The van der Waals surface area contributed by atoms with Crippen molar-refractivity contribution >= 4 is 0 Å². The molecule has 0 saturated carbocycles. The SMILES string of the molecule is CCOc1ccccc1C(NN)C1COC(C)C1. The zero-order chi connectivity index (χ0) is 13.0. The molecule has 1 heterocycles. The summed E-state index contributed by atoms with van der Waals surface area (Å²) in [6.07, 6.45) is 1.33. The molecule has 3 N–H and O–H groups in total. The van der Waals surface area contributed by atoms with Crippen molar-refractivity contribution in [2.24, 2.45) is 11.8 Å². The van der Waals surface area contributed by atoms with Gasteiger partial charge in [-0.05, 0) is 26.3 Å². The smallest absolute Gasteiger partial charge is 0.124 e. The maximum atomic E-state index is 5.73. The van der Waals surface area contributed by atoms with Gasteiger partial charge in [0.15, 0.2) is 0 Å². The maximum absolute atomic E-state index is 5.73. The lowest BCUT2D eigenvalue weighted by Gasteiger charge is -2.24. The van der Waals surface area contributed by atoms with Crippen LogP contribution in [0.3, 0.4) is 0 Å². The van der Waals surface area contributed by atoms with Gasteiger partial charge in [0.1, 0.15) is 5.75 Å². The van der Waals surface area contributed by atoms with Crippen LogP contribution >= 0.6 is 0 Å². The Bertz CT molecular complexity index is 384. The Labute approximate surface area is 108 Å². The molecule has 0 aromatic heterocycles. The second kappa shape index (κ2) is 6.18. The predicted molar refractivity (Wildman–Crippen MR) is 71.2 cm³/mol. The first kappa shape index (κ1) is 13.3. The molecule has 3 atom stereocenters. The standard InChI is InChI=1S/C14H22N2O2/c1-3-17-13-7-5-4-6-12(13)14(16-15)11-8-10(2)18-9-11/h4-7,10-11,14,16H,3,8-9,15H2,1-2H3. The molecule has 1 saturated heterocycles. The van der Waals surface area contributed by atoms with Crippen molar-refractivity contribution in [2.75, 3.05) is 13.2 Å². The van der Waals surface area contributed by atoms with E-state index >= 15 is 0 Å². The minimum Gasteiger partial charge on any atom is -0.494 e. The van der Waals surface area contributed by atoms with Crippen LogP contribution in [0.5, 0.6) is 5.75 Å². The van der Waals surface area contributed by atoms with Gasteiger partial charge in [-0.3, -0.25) is 11.3 Å². The van der Waals surface area contributed by atoms with Crippen molar-refractivity contribution in [3.05, 3.63) is 29.8 Å². The van der Waals surface area contributed by atoms with E-state index in [1.54, 1.807) is 0 Å². The largest absolute Gasteiger partial charge is 0.494 e. The zero-order valence-corrected chi connectivity index (χ0v) is 11.1. The fourth-order valence-corrected chi connectivity index (χ4v) is 2.59. The minimum absolute atomic E-state index is 0.0812. The molecule has 3 unspecified atom stereocenters. The second-order valence-corrected chi connectivity index (χ2v) is 4.75. The Morgan fingerprint density at radius 2 is 2.28 bits per heavy atom. The first-order valence-electron chi connectivity index (χ1n) is 6.55. The number of benzene rings is 1. The topological polar surface area (TPSA) is 56.5 Å². The van der Waals surface area contributed by atoms with E-state index in [0.717, 1.165) is 24.3 Å². The highest BCUT2D eigenvalue weighted by Crippen LogP contribution is 2.35. The summed E-state index contributed by atoms with van der Waals surface area (Å²) < 4.78 is 11.3. The lowest BCUT2D eigenvalue weighted by Crippen LogP contribution is -2.34. The van der Waals surface area contributed by atoms with Crippen molar-refractivity contribution in [1.29, 1.82) is 0 Å². The van der Waals surface area contributed by atoms with Crippen LogP contribution in [0, 0.1) is 5.92 Å². The van der Waals surface area contributed by atoms with Crippen molar-refractivity contribution in [2.45, 2.75) is 32.4 Å². The average Bonchev–Trinajstić information content (AvgIpc) is 2.79. The van der Waals surface area contributed by atoms with E-state index in [1.165, 1.54) is 0 Å². The summed E-state index contributed by atoms with van der Waals surface area (Å²) in [5.41, 5.74) is 4.03. The van der Waals surface area contributed by atoms with Crippen molar-refractivity contribution in [1.82, 2.24) is 5.43 Å². The predicted octanol–water partition coefficient (Wildman–Crippen LogP) is 2.01. The lowest BCUT2D eigenvalue weighted by molar-refractivity contribution is 0.116. The zero-order valence-electron chi connectivity index (χ0n) is 11.1. The fourth-order valence-electron chi connectivity index (χ4n) is 2.59. The Balaban J connectivity index is 2.21. The van der Waals surface area contributed by atoms with E-state index in [0.29, 0.717) is 18.6 Å². The van der Waals surface area contributed by atoms with Gasteiger partial charge in [-0.25, -0.2) is 0 Å². The first-order valence-corrected chi connectivity index (χ1v) is 6.55. The highest BCUT2D eigenvalue weighted by molar-refractivity contribution is 5.36. The molecule has 4 nitrogen and oxygen atoms in total. The molecule has 2 rings (SSSR count). The summed E-state index contributed by atoms with van der Waals surface area (Å²) in [6.45, 7) is 5.49. The van der Waals surface area contributed by atoms with Gasteiger partial charge in [-0.1, -0.05) is 18.2 Å². The number of hydrogen-bond acceptors (Lipinski definition) is 4. The second-order valence-electron chi connectivity index (χ2n) is 4.75. The fraction of sp³-hybridized carbons (Fsp3) is 0.571. The molecule has 0 bridgehead atoms. The van der Waals surface area contributed by atoms with Gasteiger partial charge in [-0.2, -0.15) is 0 Å². The number of para-hydroxylation sites is 1.